The van der Waals surface area contributed by atoms with E-state index in [1.807, 2.05) is 6.92 Å². The minimum Gasteiger partial charge on any atom is -0.355 e. The number of carbonyl (C=O) groups excluding carboxylic acids is 3. The highest BCUT2D eigenvalue weighted by molar-refractivity contribution is 6.30. The molecule has 35 heavy (non-hydrogen) atoms. The van der Waals surface area contributed by atoms with Gasteiger partial charge in [0.05, 0.1) is 17.3 Å². The maximum Gasteiger partial charge on any atom is 0.292 e. The Labute approximate surface area is 208 Å². The fourth-order valence-electron chi connectivity index (χ4n) is 4.71. The van der Waals surface area contributed by atoms with Crippen LogP contribution in [0, 0.1) is 24.1 Å². The smallest absolute Gasteiger partial charge is 0.292 e. The Kier molecular flexibility index (Phi) is 8.00. The molecule has 4 rings (SSSR count). The minimum absolute atomic E-state index is 0.00761. The first-order valence-corrected chi connectivity index (χ1v) is 12.3. The van der Waals surface area contributed by atoms with Gasteiger partial charge in [0.15, 0.2) is 11.5 Å². The summed E-state index contributed by atoms with van der Waals surface area (Å²) in [5.74, 6) is -1.89. The van der Waals surface area contributed by atoms with E-state index >= 15 is 0 Å². The lowest BCUT2D eigenvalue weighted by atomic mass is 9.83. The zero-order chi connectivity index (χ0) is 24.9. The molecule has 1 aliphatic heterocycles. The van der Waals surface area contributed by atoms with E-state index in [0.29, 0.717) is 32.2 Å². The Morgan fingerprint density at radius 2 is 2.00 bits per heavy atom. The first-order chi connectivity index (χ1) is 16.8. The van der Waals surface area contributed by atoms with Crippen LogP contribution in [0.4, 0.5) is 4.39 Å². The highest BCUT2D eigenvalue weighted by atomic mass is 35.5. The van der Waals surface area contributed by atoms with Crippen molar-refractivity contribution >= 4 is 29.3 Å². The van der Waals surface area contributed by atoms with Crippen LogP contribution in [0.25, 0.3) is 5.69 Å². The van der Waals surface area contributed by atoms with Gasteiger partial charge in [0.25, 0.3) is 5.91 Å². The molecule has 0 spiro atoms. The first-order valence-electron chi connectivity index (χ1n) is 12.0. The molecular weight excluding hydrogens is 475 g/mol. The Morgan fingerprint density at radius 3 is 2.83 bits per heavy atom. The van der Waals surface area contributed by atoms with Crippen molar-refractivity contribution in [3.63, 3.8) is 0 Å². The molecule has 2 aliphatic rings. The molecule has 2 fully saturated rings. The van der Waals surface area contributed by atoms with Gasteiger partial charge in [-0.3, -0.25) is 24.8 Å². The Hall–Kier alpha value is -3.01. The predicted molar refractivity (Wildman–Crippen MR) is 127 cm³/mol. The summed E-state index contributed by atoms with van der Waals surface area (Å²) in [6, 6.07) is 4.19. The molecule has 2 N–H and O–H groups in total. The number of hydrazine groups is 1. The number of halogens is 2. The second kappa shape index (κ2) is 11.2. The molecule has 1 radical (unpaired) electrons. The summed E-state index contributed by atoms with van der Waals surface area (Å²) in [5, 5.41) is 12.1. The van der Waals surface area contributed by atoms with Crippen molar-refractivity contribution in [3.8, 4) is 5.69 Å². The van der Waals surface area contributed by atoms with E-state index in [-0.39, 0.29) is 46.1 Å². The maximum atomic E-state index is 14.4. The topological polar surface area (TPSA) is 109 Å². The van der Waals surface area contributed by atoms with E-state index in [4.69, 9.17) is 11.6 Å². The quantitative estimate of drug-likeness (QED) is 0.668. The number of amides is 3. The van der Waals surface area contributed by atoms with E-state index in [9.17, 15) is 18.8 Å². The van der Waals surface area contributed by atoms with Crippen molar-refractivity contribution in [2.45, 2.75) is 57.9 Å². The number of fused-ring (bicyclic) bond motifs is 1. The SMILES string of the molecule is C[C@@H]1CCC[CH]C(=O)NCC2CCCCC2N(NC(=O)c2cn(-c3cccc(Cl)c3F)nn2)C1=O. The van der Waals surface area contributed by atoms with Crippen LogP contribution < -0.4 is 10.7 Å². The Bertz CT molecular complexity index is 1090. The zero-order valence-corrected chi connectivity index (χ0v) is 20.3. The zero-order valence-electron chi connectivity index (χ0n) is 19.5. The van der Waals surface area contributed by atoms with Crippen LogP contribution in [0.1, 0.15) is 62.4 Å². The van der Waals surface area contributed by atoms with E-state index in [1.54, 1.807) is 12.5 Å². The van der Waals surface area contributed by atoms with E-state index in [1.165, 1.54) is 23.3 Å². The summed E-state index contributed by atoms with van der Waals surface area (Å²) >= 11 is 5.85. The predicted octanol–water partition coefficient (Wildman–Crippen LogP) is 3.23. The molecule has 9 nitrogen and oxygen atoms in total. The second-order valence-electron chi connectivity index (χ2n) is 9.16. The van der Waals surface area contributed by atoms with Crippen LogP contribution in [-0.4, -0.2) is 50.3 Å². The summed E-state index contributed by atoms with van der Waals surface area (Å²) < 4.78 is 15.5. The number of nitrogens with zero attached hydrogens (tertiary/aromatic N) is 4. The molecule has 0 bridgehead atoms. The number of carbonyl (C=O) groups is 3. The fourth-order valence-corrected chi connectivity index (χ4v) is 4.88. The van der Waals surface area contributed by atoms with Crippen molar-refractivity contribution < 1.29 is 18.8 Å². The second-order valence-corrected chi connectivity index (χ2v) is 9.57. The number of nitrogens with one attached hydrogen (secondary N) is 2. The fraction of sp³-hybridized carbons (Fsp3) is 0.500. The van der Waals surface area contributed by atoms with Gasteiger partial charge in [0, 0.05) is 18.9 Å². The Morgan fingerprint density at radius 1 is 1.20 bits per heavy atom. The van der Waals surface area contributed by atoms with Crippen LogP contribution in [0.15, 0.2) is 24.4 Å². The van der Waals surface area contributed by atoms with Gasteiger partial charge in [-0.2, -0.15) is 0 Å². The third kappa shape index (κ3) is 5.80. The number of benzene rings is 1. The molecular formula is C24H29ClFN6O3. The molecule has 1 saturated carbocycles. The van der Waals surface area contributed by atoms with Crippen LogP contribution >= 0.6 is 11.6 Å². The van der Waals surface area contributed by atoms with Crippen molar-refractivity contribution in [1.29, 1.82) is 0 Å². The maximum absolute atomic E-state index is 14.4. The number of hydrogen-bond donors (Lipinski definition) is 2. The Balaban J connectivity index is 1.58. The van der Waals surface area contributed by atoms with Gasteiger partial charge in [0.2, 0.25) is 11.8 Å². The van der Waals surface area contributed by atoms with E-state index in [2.05, 4.69) is 21.1 Å². The molecule has 1 aliphatic carbocycles. The van der Waals surface area contributed by atoms with Crippen molar-refractivity contribution in [2.75, 3.05) is 6.54 Å². The van der Waals surface area contributed by atoms with Gasteiger partial charge in [-0.1, -0.05) is 49.1 Å². The molecule has 3 atom stereocenters. The van der Waals surface area contributed by atoms with E-state index in [0.717, 1.165) is 23.9 Å². The average molecular weight is 504 g/mol. The molecule has 187 valence electrons. The third-order valence-corrected chi connectivity index (χ3v) is 6.99. The number of aromatic nitrogens is 3. The molecule has 2 heterocycles. The monoisotopic (exact) mass is 503 g/mol. The summed E-state index contributed by atoms with van der Waals surface area (Å²) in [6.45, 7) is 2.27. The summed E-state index contributed by atoms with van der Waals surface area (Å²) in [5.41, 5.74) is 2.75. The summed E-state index contributed by atoms with van der Waals surface area (Å²) in [7, 11) is 0. The molecule has 11 heteroatoms. The van der Waals surface area contributed by atoms with Gasteiger partial charge < -0.3 is 5.32 Å². The van der Waals surface area contributed by atoms with Crippen LogP contribution in [0.2, 0.25) is 5.02 Å². The van der Waals surface area contributed by atoms with Gasteiger partial charge in [-0.15, -0.1) is 5.10 Å². The lowest BCUT2D eigenvalue weighted by Gasteiger charge is -2.41. The van der Waals surface area contributed by atoms with Crippen LogP contribution in [0.5, 0.6) is 0 Å². The average Bonchev–Trinajstić information content (AvgIpc) is 3.35. The van der Waals surface area contributed by atoms with Gasteiger partial charge in [-0.05, 0) is 43.7 Å². The molecule has 2 unspecified atom stereocenters. The van der Waals surface area contributed by atoms with E-state index < -0.39 is 11.7 Å². The first kappa shape index (κ1) is 25.1. The molecule has 1 aromatic heterocycles. The minimum atomic E-state index is -0.678. The normalized spacial score (nSPS) is 24.1. The highest BCUT2D eigenvalue weighted by Crippen LogP contribution is 2.29. The van der Waals surface area contributed by atoms with Crippen molar-refractivity contribution in [2.24, 2.45) is 11.8 Å². The standard InChI is InChI=1S/C24H29ClFN6O3/c1-15-7-2-5-12-21(33)27-13-16-8-3-4-10-19(16)32(24(15)35)29-23(34)18-14-31(30-28-18)20-11-6-9-17(25)22(20)26/h6,9,11-12,14-16,19H,2-5,7-8,10,13H2,1H3,(H,27,33)(H,29,34)/t15-,16?,19?/m1/s1. The molecule has 1 saturated heterocycles. The van der Waals surface area contributed by atoms with Gasteiger partial charge in [-0.25, -0.2) is 9.07 Å². The van der Waals surface area contributed by atoms with Gasteiger partial charge >= 0.3 is 0 Å². The largest absolute Gasteiger partial charge is 0.355 e. The van der Waals surface area contributed by atoms with Crippen LogP contribution in [-0.2, 0) is 9.59 Å². The highest BCUT2D eigenvalue weighted by Gasteiger charge is 2.36. The lowest BCUT2D eigenvalue weighted by molar-refractivity contribution is -0.143. The molecule has 1 aromatic carbocycles. The molecule has 2 aromatic rings. The third-order valence-electron chi connectivity index (χ3n) is 6.70. The van der Waals surface area contributed by atoms with Gasteiger partial charge in [0.1, 0.15) is 5.69 Å². The molecule has 3 amide bonds. The summed E-state index contributed by atoms with van der Waals surface area (Å²) in [4.78, 5) is 38.8. The van der Waals surface area contributed by atoms with Crippen LogP contribution in [0.3, 0.4) is 0 Å². The van der Waals surface area contributed by atoms with Crippen molar-refractivity contribution in [1.82, 2.24) is 30.7 Å². The van der Waals surface area contributed by atoms with Crippen molar-refractivity contribution in [3.05, 3.63) is 47.4 Å². The lowest BCUT2D eigenvalue weighted by Crippen LogP contribution is -2.58. The summed E-state index contributed by atoms with van der Waals surface area (Å²) in [6.07, 6.45) is 8.27. The number of rotatable bonds is 3. The number of hydrogen-bond acceptors (Lipinski definition) is 5.